The van der Waals surface area contributed by atoms with Crippen LogP contribution >= 0.6 is 22.7 Å². The van der Waals surface area contributed by atoms with Crippen molar-refractivity contribution in [2.24, 2.45) is 0 Å². The lowest BCUT2D eigenvalue weighted by Gasteiger charge is -2.03. The molecule has 0 aliphatic rings. The number of aromatic nitrogens is 1. The molecule has 116 valence electrons. The number of carbonyl (C=O) groups excluding carboxylic acids is 1. The Morgan fingerprint density at radius 2 is 2.04 bits per heavy atom. The Morgan fingerprint density at radius 3 is 2.78 bits per heavy atom. The summed E-state index contributed by atoms with van der Waals surface area (Å²) in [6.45, 7) is 0. The van der Waals surface area contributed by atoms with Crippen LogP contribution in [0.3, 0.4) is 0 Å². The number of thiophene rings is 1. The number of ketones is 1. The number of rotatable bonds is 4. The molecule has 0 spiro atoms. The number of benzene rings is 1. The molecule has 0 aliphatic heterocycles. The van der Waals surface area contributed by atoms with E-state index in [1.807, 2.05) is 23.6 Å². The average molecular weight is 343 g/mol. The molecule has 0 radical (unpaired) electrons. The number of Topliss-reactive ketones (excluding diaryl/α,β-unsaturated/α-hetero) is 1. The van der Waals surface area contributed by atoms with Gasteiger partial charge in [-0.3, -0.25) is 9.59 Å². The summed E-state index contributed by atoms with van der Waals surface area (Å²) in [5.74, 6) is 0.306. The van der Waals surface area contributed by atoms with Crippen LogP contribution in [0.5, 0.6) is 5.75 Å². The second-order valence-electron chi connectivity index (χ2n) is 4.65. The minimum Gasteiger partial charge on any atom is -0.496 e. The summed E-state index contributed by atoms with van der Waals surface area (Å²) < 4.78 is 6.29. The maximum atomic E-state index is 12.4. The van der Waals surface area contributed by atoms with Crippen LogP contribution in [0.2, 0.25) is 0 Å². The quantitative estimate of drug-likeness (QED) is 0.737. The molecule has 3 rings (SSSR count). The molecule has 0 bridgehead atoms. The number of ether oxygens (including phenoxy) is 1. The highest BCUT2D eigenvalue weighted by atomic mass is 32.1. The highest BCUT2D eigenvalue weighted by Gasteiger charge is 2.09. The zero-order chi connectivity index (χ0) is 16.2. The first-order chi connectivity index (χ1) is 11.2. The van der Waals surface area contributed by atoms with Crippen LogP contribution in [0.4, 0.5) is 0 Å². The molecule has 1 N–H and O–H groups in total. The molecule has 0 aliphatic carbocycles. The molecule has 6 heteroatoms. The number of para-hydroxylation sites is 1. The van der Waals surface area contributed by atoms with Gasteiger partial charge < -0.3 is 9.72 Å². The molecule has 0 saturated carbocycles. The van der Waals surface area contributed by atoms with Crippen molar-refractivity contribution in [2.45, 2.75) is 0 Å². The third-order valence-electron chi connectivity index (χ3n) is 3.13. The monoisotopic (exact) mass is 343 g/mol. The van der Waals surface area contributed by atoms with E-state index in [1.54, 1.807) is 35.6 Å². The summed E-state index contributed by atoms with van der Waals surface area (Å²) in [7, 11) is 1.52. The number of H-pyrrole nitrogens is 1. The number of aromatic amines is 1. The van der Waals surface area contributed by atoms with Crippen LogP contribution in [-0.2, 0) is 0 Å². The summed E-state index contributed by atoms with van der Waals surface area (Å²) in [5, 5.41) is 1.95. The minimum atomic E-state index is -0.206. The number of methoxy groups -OCH3 is 1. The summed E-state index contributed by atoms with van der Waals surface area (Å²) in [6.07, 6.45) is 3.24. The van der Waals surface area contributed by atoms with Crippen LogP contribution in [0.15, 0.2) is 46.6 Å². The van der Waals surface area contributed by atoms with Crippen molar-refractivity contribution in [1.29, 1.82) is 0 Å². The van der Waals surface area contributed by atoms with E-state index in [1.165, 1.54) is 24.5 Å². The van der Waals surface area contributed by atoms with Gasteiger partial charge in [-0.25, -0.2) is 0 Å². The zero-order valence-electron chi connectivity index (χ0n) is 12.2. The standard InChI is InChI=1S/C17H13NO3S2/c1-21-14-7-3-2-6-12(14)13(19)10-16-18-17(20)15(23-16)9-11-5-4-8-22-11/h2-10H,1H3,(H,18,20)/b15-9+,16-10+. The van der Waals surface area contributed by atoms with Crippen molar-refractivity contribution in [3.8, 4) is 5.75 Å². The molecule has 2 heterocycles. The van der Waals surface area contributed by atoms with Crippen molar-refractivity contribution in [3.63, 3.8) is 0 Å². The van der Waals surface area contributed by atoms with Gasteiger partial charge in [-0.05, 0) is 29.7 Å². The van der Waals surface area contributed by atoms with Crippen molar-refractivity contribution < 1.29 is 9.53 Å². The van der Waals surface area contributed by atoms with Gasteiger partial charge in [0, 0.05) is 11.0 Å². The van der Waals surface area contributed by atoms with E-state index in [9.17, 15) is 9.59 Å². The number of nitrogens with one attached hydrogen (secondary N) is 1. The van der Waals surface area contributed by atoms with Gasteiger partial charge in [0.2, 0.25) is 0 Å². The Bertz CT molecular complexity index is 997. The van der Waals surface area contributed by atoms with E-state index in [-0.39, 0.29) is 11.3 Å². The van der Waals surface area contributed by atoms with Gasteiger partial charge in [0.15, 0.2) is 5.78 Å². The largest absolute Gasteiger partial charge is 0.496 e. The number of hydrogen-bond donors (Lipinski definition) is 1. The summed E-state index contributed by atoms with van der Waals surface area (Å²) in [4.78, 5) is 28.1. The van der Waals surface area contributed by atoms with E-state index in [0.29, 0.717) is 20.5 Å². The summed E-state index contributed by atoms with van der Waals surface area (Å²) >= 11 is 2.82. The minimum absolute atomic E-state index is 0.192. The Kier molecular flexibility index (Phi) is 4.55. The van der Waals surface area contributed by atoms with Crippen molar-refractivity contribution in [1.82, 2.24) is 4.98 Å². The van der Waals surface area contributed by atoms with Gasteiger partial charge in [-0.2, -0.15) is 0 Å². The fourth-order valence-electron chi connectivity index (χ4n) is 2.07. The molecule has 0 amide bonds. The predicted octanol–water partition coefficient (Wildman–Crippen LogP) is 2.00. The highest BCUT2D eigenvalue weighted by molar-refractivity contribution is 7.11. The lowest BCUT2D eigenvalue weighted by atomic mass is 10.1. The first-order valence-electron chi connectivity index (χ1n) is 6.81. The van der Waals surface area contributed by atoms with Crippen LogP contribution in [0, 0.1) is 0 Å². The summed E-state index contributed by atoms with van der Waals surface area (Å²) in [5.41, 5.74) is 0.274. The molecule has 2 aromatic heterocycles. The first kappa shape index (κ1) is 15.5. The molecular formula is C17H13NO3S2. The lowest BCUT2D eigenvalue weighted by molar-refractivity contribution is 0.105. The zero-order valence-corrected chi connectivity index (χ0v) is 13.9. The Hall–Kier alpha value is -2.44. The fourth-order valence-corrected chi connectivity index (χ4v) is 3.68. The van der Waals surface area contributed by atoms with Gasteiger partial charge >= 0.3 is 0 Å². The van der Waals surface area contributed by atoms with Crippen LogP contribution in [0.25, 0.3) is 12.2 Å². The van der Waals surface area contributed by atoms with Crippen LogP contribution in [0.1, 0.15) is 15.2 Å². The second-order valence-corrected chi connectivity index (χ2v) is 6.72. The van der Waals surface area contributed by atoms with Crippen LogP contribution < -0.4 is 19.5 Å². The van der Waals surface area contributed by atoms with Gasteiger partial charge in [-0.1, -0.05) is 18.2 Å². The molecule has 1 aromatic carbocycles. The van der Waals surface area contributed by atoms with Crippen LogP contribution in [-0.4, -0.2) is 17.9 Å². The molecule has 0 fully saturated rings. The smallest absolute Gasteiger partial charge is 0.266 e. The molecule has 23 heavy (non-hydrogen) atoms. The van der Waals surface area contributed by atoms with E-state index in [2.05, 4.69) is 4.98 Å². The highest BCUT2D eigenvalue weighted by Crippen LogP contribution is 2.18. The molecule has 0 unspecified atom stereocenters. The van der Waals surface area contributed by atoms with Gasteiger partial charge in [0.25, 0.3) is 5.56 Å². The van der Waals surface area contributed by atoms with Crippen molar-refractivity contribution in [3.05, 3.63) is 71.8 Å². The predicted molar refractivity (Wildman–Crippen MR) is 93.9 cm³/mol. The lowest BCUT2D eigenvalue weighted by Crippen LogP contribution is -2.19. The molecule has 4 nitrogen and oxygen atoms in total. The Morgan fingerprint density at radius 1 is 1.22 bits per heavy atom. The third-order valence-corrected chi connectivity index (χ3v) is 4.91. The number of thiazole rings is 1. The van der Waals surface area contributed by atoms with E-state index < -0.39 is 0 Å². The second kappa shape index (κ2) is 6.76. The summed E-state index contributed by atoms with van der Waals surface area (Å²) in [6, 6.07) is 10.9. The fraction of sp³-hybridized carbons (Fsp3) is 0.0588. The molecule has 0 saturated heterocycles. The van der Waals surface area contributed by atoms with E-state index >= 15 is 0 Å². The normalized spacial score (nSPS) is 12.6. The van der Waals surface area contributed by atoms with Crippen molar-refractivity contribution in [2.75, 3.05) is 7.11 Å². The topological polar surface area (TPSA) is 59.2 Å². The molecular weight excluding hydrogens is 330 g/mol. The maximum Gasteiger partial charge on any atom is 0.266 e. The first-order valence-corrected chi connectivity index (χ1v) is 8.50. The van der Waals surface area contributed by atoms with Gasteiger partial charge in [-0.15, -0.1) is 22.7 Å². The van der Waals surface area contributed by atoms with Crippen molar-refractivity contribution >= 4 is 40.6 Å². The van der Waals surface area contributed by atoms with Gasteiger partial charge in [0.1, 0.15) is 5.75 Å². The molecule has 0 atom stereocenters. The Balaban J connectivity index is 2.01. The maximum absolute atomic E-state index is 12.4. The van der Waals surface area contributed by atoms with E-state index in [4.69, 9.17) is 4.74 Å². The third kappa shape index (κ3) is 3.49. The van der Waals surface area contributed by atoms with Gasteiger partial charge in [0.05, 0.1) is 21.9 Å². The molecule has 3 aromatic rings. The Labute approximate surface area is 140 Å². The number of hydrogen-bond acceptors (Lipinski definition) is 5. The number of carbonyl (C=O) groups is 1. The van der Waals surface area contributed by atoms with E-state index in [0.717, 1.165) is 4.88 Å². The average Bonchev–Trinajstić information content (AvgIpc) is 3.18. The SMILES string of the molecule is COc1ccccc1C(=O)/C=c1\[nH]c(=O)/c(=C\c2cccs2)s1.